The molecule has 1 atom stereocenters. The second kappa shape index (κ2) is 7.82. The van der Waals surface area contributed by atoms with Crippen molar-refractivity contribution < 1.29 is 14.4 Å². The summed E-state index contributed by atoms with van der Waals surface area (Å²) in [6.07, 6.45) is 4.61. The number of Topliss-reactive ketones (excluding diaryl/α,β-unsaturated/α-hetero) is 1. The van der Waals surface area contributed by atoms with Crippen molar-refractivity contribution >= 4 is 40.2 Å². The number of carbonyl (C=O) groups is 3. The predicted molar refractivity (Wildman–Crippen MR) is 98.9 cm³/mol. The normalized spacial score (nSPS) is 22.2. The lowest BCUT2D eigenvalue weighted by atomic mass is 10.1. The molecule has 2 aliphatic rings. The number of hydrogen-bond acceptors (Lipinski definition) is 5. The molecule has 132 valence electrons. The summed E-state index contributed by atoms with van der Waals surface area (Å²) in [5.74, 6) is -0.417. The first-order chi connectivity index (χ1) is 12.0. The van der Waals surface area contributed by atoms with Gasteiger partial charge in [0.25, 0.3) is 0 Å². The standard InChI is InChI=1S/C18H21N3O3S/c1-11(22)12-6-8-14(9-7-12)19-16(23)10-15-17(24)21-18(25-15)20-13-4-2-3-5-13/h6-9,13,15H,2-5,10H2,1H3,(H,19,23)(H,20,21,24). The van der Waals surface area contributed by atoms with E-state index in [0.29, 0.717) is 22.5 Å². The van der Waals surface area contributed by atoms with E-state index in [0.717, 1.165) is 12.8 Å². The largest absolute Gasteiger partial charge is 0.326 e. The van der Waals surface area contributed by atoms with Crippen molar-refractivity contribution in [3.8, 4) is 0 Å². The van der Waals surface area contributed by atoms with Gasteiger partial charge in [-0.2, -0.15) is 0 Å². The van der Waals surface area contributed by atoms with Gasteiger partial charge in [-0.1, -0.05) is 24.6 Å². The fourth-order valence-electron chi connectivity index (χ4n) is 2.97. The van der Waals surface area contributed by atoms with Crippen molar-refractivity contribution in [1.82, 2.24) is 5.32 Å². The van der Waals surface area contributed by atoms with E-state index in [1.54, 1.807) is 24.3 Å². The van der Waals surface area contributed by atoms with Crippen LogP contribution >= 0.6 is 11.8 Å². The highest BCUT2D eigenvalue weighted by atomic mass is 32.2. The minimum atomic E-state index is -0.448. The summed E-state index contributed by atoms with van der Waals surface area (Å²) in [6, 6.07) is 7.01. The van der Waals surface area contributed by atoms with E-state index in [2.05, 4.69) is 15.6 Å². The van der Waals surface area contributed by atoms with E-state index >= 15 is 0 Å². The van der Waals surface area contributed by atoms with Crippen LogP contribution in [0.4, 0.5) is 5.69 Å². The average molecular weight is 359 g/mol. The van der Waals surface area contributed by atoms with E-state index < -0.39 is 5.25 Å². The number of nitrogens with zero attached hydrogens (tertiary/aromatic N) is 1. The van der Waals surface area contributed by atoms with Crippen molar-refractivity contribution in [2.75, 3.05) is 5.32 Å². The van der Waals surface area contributed by atoms with Crippen LogP contribution in [0.2, 0.25) is 0 Å². The van der Waals surface area contributed by atoms with Crippen molar-refractivity contribution in [1.29, 1.82) is 0 Å². The number of ketones is 1. The Balaban J connectivity index is 1.53. The molecule has 6 nitrogen and oxygen atoms in total. The Morgan fingerprint density at radius 3 is 2.56 bits per heavy atom. The molecule has 0 bridgehead atoms. The van der Waals surface area contributed by atoms with Gasteiger partial charge in [0, 0.05) is 17.7 Å². The molecule has 1 saturated heterocycles. The minimum absolute atomic E-state index is 0.0222. The number of hydrogen-bond donors (Lipinski definition) is 2. The molecular formula is C18H21N3O3S. The molecule has 2 fully saturated rings. The molecule has 1 heterocycles. The van der Waals surface area contributed by atoms with E-state index in [4.69, 9.17) is 0 Å². The van der Waals surface area contributed by atoms with Crippen LogP contribution in [0.15, 0.2) is 29.3 Å². The second-order valence-corrected chi connectivity index (χ2v) is 7.55. The van der Waals surface area contributed by atoms with Gasteiger partial charge < -0.3 is 10.6 Å². The summed E-state index contributed by atoms with van der Waals surface area (Å²) in [7, 11) is 0. The van der Waals surface area contributed by atoms with Crippen LogP contribution < -0.4 is 10.6 Å². The molecule has 7 heteroatoms. The zero-order valence-corrected chi connectivity index (χ0v) is 14.9. The molecule has 0 spiro atoms. The molecule has 1 unspecified atom stereocenters. The summed E-state index contributed by atoms with van der Waals surface area (Å²) in [5, 5.41) is 5.73. The first kappa shape index (κ1) is 17.7. The zero-order valence-electron chi connectivity index (χ0n) is 14.1. The monoisotopic (exact) mass is 359 g/mol. The molecular weight excluding hydrogens is 338 g/mol. The average Bonchev–Trinajstić information content (AvgIpc) is 3.18. The number of thioether (sulfide) groups is 1. The second-order valence-electron chi connectivity index (χ2n) is 6.35. The highest BCUT2D eigenvalue weighted by molar-refractivity contribution is 8.15. The van der Waals surface area contributed by atoms with Gasteiger partial charge >= 0.3 is 0 Å². The first-order valence-corrected chi connectivity index (χ1v) is 9.35. The lowest BCUT2D eigenvalue weighted by molar-refractivity contribution is -0.122. The van der Waals surface area contributed by atoms with Crippen LogP contribution in [-0.2, 0) is 9.59 Å². The third-order valence-corrected chi connectivity index (χ3v) is 5.44. The molecule has 2 N–H and O–H groups in total. The fourth-order valence-corrected chi connectivity index (χ4v) is 4.01. The van der Waals surface area contributed by atoms with Crippen LogP contribution in [-0.4, -0.2) is 34.1 Å². The maximum absolute atomic E-state index is 12.2. The molecule has 3 rings (SSSR count). The van der Waals surface area contributed by atoms with Gasteiger partial charge in [-0.05, 0) is 44.0 Å². The van der Waals surface area contributed by atoms with Gasteiger partial charge in [0.15, 0.2) is 11.0 Å². The maximum atomic E-state index is 12.2. The van der Waals surface area contributed by atoms with Crippen molar-refractivity contribution in [3.05, 3.63) is 29.8 Å². The van der Waals surface area contributed by atoms with Crippen LogP contribution in [0.5, 0.6) is 0 Å². The summed E-state index contributed by atoms with van der Waals surface area (Å²) in [5.41, 5.74) is 1.20. The molecule has 1 aliphatic heterocycles. The maximum Gasteiger partial charge on any atom is 0.240 e. The number of carbonyl (C=O) groups excluding carboxylic acids is 3. The Kier molecular flexibility index (Phi) is 5.53. The molecule has 1 aliphatic carbocycles. The molecule has 1 aromatic rings. The van der Waals surface area contributed by atoms with Crippen molar-refractivity contribution in [3.63, 3.8) is 0 Å². The topological polar surface area (TPSA) is 87.6 Å². The smallest absolute Gasteiger partial charge is 0.240 e. The van der Waals surface area contributed by atoms with Gasteiger partial charge in [0.2, 0.25) is 11.8 Å². The Hall–Kier alpha value is -2.15. The number of nitrogens with one attached hydrogen (secondary N) is 2. The first-order valence-electron chi connectivity index (χ1n) is 8.47. The highest BCUT2D eigenvalue weighted by Crippen LogP contribution is 2.27. The molecule has 2 amide bonds. The number of anilines is 1. The number of rotatable bonds is 5. The van der Waals surface area contributed by atoms with Crippen LogP contribution in [0.3, 0.4) is 0 Å². The van der Waals surface area contributed by atoms with Gasteiger partial charge in [0.05, 0.1) is 6.04 Å². The van der Waals surface area contributed by atoms with Gasteiger partial charge in [-0.3, -0.25) is 19.4 Å². The van der Waals surface area contributed by atoms with Crippen molar-refractivity contribution in [2.45, 2.75) is 50.3 Å². The van der Waals surface area contributed by atoms with Crippen LogP contribution in [0, 0.1) is 0 Å². The Morgan fingerprint density at radius 1 is 1.24 bits per heavy atom. The minimum Gasteiger partial charge on any atom is -0.326 e. The van der Waals surface area contributed by atoms with Gasteiger partial charge in [-0.15, -0.1) is 0 Å². The number of amidine groups is 1. The number of aliphatic imine (C=N–C) groups is 1. The lowest BCUT2D eigenvalue weighted by Crippen LogP contribution is -2.28. The van der Waals surface area contributed by atoms with Crippen LogP contribution in [0.25, 0.3) is 0 Å². The number of benzene rings is 1. The fraction of sp³-hybridized carbons (Fsp3) is 0.444. The molecule has 0 aromatic heterocycles. The number of amides is 2. The molecule has 0 radical (unpaired) electrons. The summed E-state index contributed by atoms with van der Waals surface area (Å²) in [6.45, 7) is 1.49. The SMILES string of the molecule is CC(=O)c1ccc(NC(=O)CC2SC(=NC3CCCC3)NC2=O)cc1. The quantitative estimate of drug-likeness (QED) is 0.791. The summed E-state index contributed by atoms with van der Waals surface area (Å²) < 4.78 is 0. The summed E-state index contributed by atoms with van der Waals surface area (Å²) in [4.78, 5) is 40.0. The van der Waals surface area contributed by atoms with Crippen LogP contribution in [0.1, 0.15) is 49.4 Å². The van der Waals surface area contributed by atoms with Gasteiger partial charge in [-0.25, -0.2) is 0 Å². The molecule has 25 heavy (non-hydrogen) atoms. The third kappa shape index (κ3) is 4.69. The summed E-state index contributed by atoms with van der Waals surface area (Å²) >= 11 is 1.33. The van der Waals surface area contributed by atoms with E-state index in [9.17, 15) is 14.4 Å². The molecule has 1 saturated carbocycles. The van der Waals surface area contributed by atoms with Crippen molar-refractivity contribution in [2.24, 2.45) is 4.99 Å². The van der Waals surface area contributed by atoms with E-state index in [-0.39, 0.29) is 24.0 Å². The third-order valence-electron chi connectivity index (χ3n) is 4.35. The van der Waals surface area contributed by atoms with E-state index in [1.807, 2.05) is 0 Å². The Labute approximate surface area is 150 Å². The predicted octanol–water partition coefficient (Wildman–Crippen LogP) is 2.75. The Morgan fingerprint density at radius 2 is 1.92 bits per heavy atom. The zero-order chi connectivity index (χ0) is 17.8. The lowest BCUT2D eigenvalue weighted by Gasteiger charge is -2.08. The van der Waals surface area contributed by atoms with Gasteiger partial charge in [0.1, 0.15) is 5.25 Å². The Bertz CT molecular complexity index is 709. The molecule has 1 aromatic carbocycles. The van der Waals surface area contributed by atoms with E-state index in [1.165, 1.54) is 31.5 Å². The highest BCUT2D eigenvalue weighted by Gasteiger charge is 2.32.